The normalized spacial score (nSPS) is 15.7. The van der Waals surface area contributed by atoms with Crippen LogP contribution in [0.4, 0.5) is 23.7 Å². The second-order valence-electron chi connectivity index (χ2n) is 6.39. The third-order valence-electron chi connectivity index (χ3n) is 4.33. The number of hydrogen-bond acceptors (Lipinski definition) is 3. The molecule has 0 atom stereocenters. The molecule has 3 aromatic rings. The summed E-state index contributed by atoms with van der Waals surface area (Å²) < 4.78 is 44.3. The van der Waals surface area contributed by atoms with E-state index in [1.807, 2.05) is 0 Å². The molecule has 3 amide bonds. The first-order chi connectivity index (χ1) is 14.2. The second-order valence-corrected chi connectivity index (χ2v) is 6.83. The van der Waals surface area contributed by atoms with E-state index in [1.165, 1.54) is 36.4 Å². The molecule has 0 bridgehead atoms. The predicted octanol–water partition coefficient (Wildman–Crippen LogP) is 5.72. The summed E-state index contributed by atoms with van der Waals surface area (Å²) in [5.74, 6) is -0.227. The monoisotopic (exact) mass is 432 g/mol. The molecule has 0 radical (unpaired) electrons. The number of hydrogen-bond donors (Lipinski definition) is 1. The number of halogens is 4. The van der Waals surface area contributed by atoms with E-state index in [9.17, 15) is 22.8 Å². The molecule has 9 heteroatoms. The van der Waals surface area contributed by atoms with Gasteiger partial charge in [-0.15, -0.1) is 0 Å². The Balaban J connectivity index is 1.61. The minimum Gasteiger partial charge on any atom is -0.457 e. The van der Waals surface area contributed by atoms with Crippen molar-refractivity contribution in [2.45, 2.75) is 6.18 Å². The maximum Gasteiger partial charge on any atom is 0.416 e. The summed E-state index contributed by atoms with van der Waals surface area (Å²) in [6.07, 6.45) is -3.17. The van der Waals surface area contributed by atoms with Crippen LogP contribution in [0.15, 0.2) is 70.8 Å². The van der Waals surface area contributed by atoms with Gasteiger partial charge >= 0.3 is 12.2 Å². The van der Waals surface area contributed by atoms with E-state index in [-0.39, 0.29) is 22.8 Å². The smallest absolute Gasteiger partial charge is 0.416 e. The molecule has 5 nitrogen and oxygen atoms in total. The summed E-state index contributed by atoms with van der Waals surface area (Å²) in [5, 5.41) is 2.81. The molecule has 1 aromatic heterocycles. The van der Waals surface area contributed by atoms with Crippen LogP contribution in [-0.2, 0) is 11.0 Å². The van der Waals surface area contributed by atoms with Gasteiger partial charge in [-0.05, 0) is 42.5 Å². The molecule has 1 aliphatic rings. The van der Waals surface area contributed by atoms with Gasteiger partial charge in [0.2, 0.25) is 0 Å². The van der Waals surface area contributed by atoms with Crippen molar-refractivity contribution in [3.8, 4) is 11.3 Å². The fourth-order valence-corrected chi connectivity index (χ4v) is 3.15. The standard InChI is InChI=1S/C21H12ClF3N2O3/c22-14-5-2-6-15(10-14)27-19(28)17(26-20(27)29)11-16-7-8-18(30-16)12-3-1-4-13(9-12)21(23,24)25/h1-11H,(H,26,29). The summed E-state index contributed by atoms with van der Waals surface area (Å²) in [6.45, 7) is 0. The second kappa shape index (κ2) is 7.38. The molecule has 1 N–H and O–H groups in total. The van der Waals surface area contributed by atoms with E-state index >= 15 is 0 Å². The van der Waals surface area contributed by atoms with Crippen LogP contribution in [0.5, 0.6) is 0 Å². The summed E-state index contributed by atoms with van der Waals surface area (Å²) in [7, 11) is 0. The van der Waals surface area contributed by atoms with Crippen LogP contribution < -0.4 is 10.2 Å². The highest BCUT2D eigenvalue weighted by Gasteiger charge is 2.35. The van der Waals surface area contributed by atoms with Crippen molar-refractivity contribution < 1.29 is 27.2 Å². The number of rotatable bonds is 3. The number of urea groups is 1. The van der Waals surface area contributed by atoms with Gasteiger partial charge in [0.1, 0.15) is 17.2 Å². The van der Waals surface area contributed by atoms with Gasteiger partial charge in [-0.2, -0.15) is 13.2 Å². The fourth-order valence-electron chi connectivity index (χ4n) is 2.96. The highest BCUT2D eigenvalue weighted by molar-refractivity contribution is 6.32. The Hall–Kier alpha value is -3.52. The Bertz CT molecular complexity index is 1180. The van der Waals surface area contributed by atoms with Gasteiger partial charge in [0, 0.05) is 16.7 Å². The fraction of sp³-hybridized carbons (Fsp3) is 0.0476. The van der Waals surface area contributed by atoms with Crippen molar-refractivity contribution in [3.63, 3.8) is 0 Å². The number of carbonyl (C=O) groups excluding carboxylic acids is 2. The zero-order valence-corrected chi connectivity index (χ0v) is 15.8. The quantitative estimate of drug-likeness (QED) is 0.425. The molecule has 1 fully saturated rings. The lowest BCUT2D eigenvalue weighted by Gasteiger charge is -2.11. The first kappa shape index (κ1) is 19.8. The lowest BCUT2D eigenvalue weighted by Crippen LogP contribution is -2.30. The van der Waals surface area contributed by atoms with Crippen molar-refractivity contribution in [1.29, 1.82) is 0 Å². The van der Waals surface area contributed by atoms with E-state index in [2.05, 4.69) is 5.32 Å². The molecule has 0 unspecified atom stereocenters. The molecule has 0 aliphatic carbocycles. The van der Waals surface area contributed by atoms with E-state index < -0.39 is 23.7 Å². The van der Waals surface area contributed by atoms with E-state index in [0.717, 1.165) is 17.0 Å². The Morgan fingerprint density at radius 2 is 1.77 bits per heavy atom. The van der Waals surface area contributed by atoms with Crippen LogP contribution in [0.1, 0.15) is 11.3 Å². The number of anilines is 1. The third kappa shape index (κ3) is 3.81. The lowest BCUT2D eigenvalue weighted by atomic mass is 10.1. The van der Waals surface area contributed by atoms with Gasteiger partial charge in [0.15, 0.2) is 0 Å². The zero-order chi connectivity index (χ0) is 21.5. The van der Waals surface area contributed by atoms with Crippen LogP contribution in [0.3, 0.4) is 0 Å². The zero-order valence-electron chi connectivity index (χ0n) is 15.0. The van der Waals surface area contributed by atoms with Crippen molar-refractivity contribution in [1.82, 2.24) is 5.32 Å². The molecule has 30 heavy (non-hydrogen) atoms. The predicted molar refractivity (Wildman–Crippen MR) is 105 cm³/mol. The van der Waals surface area contributed by atoms with Crippen molar-refractivity contribution in [2.24, 2.45) is 0 Å². The van der Waals surface area contributed by atoms with Gasteiger partial charge in [-0.3, -0.25) is 4.79 Å². The van der Waals surface area contributed by atoms with Gasteiger partial charge < -0.3 is 9.73 Å². The molecular weight excluding hydrogens is 421 g/mol. The Labute approximate surface area is 173 Å². The van der Waals surface area contributed by atoms with E-state index in [4.69, 9.17) is 16.0 Å². The first-order valence-electron chi connectivity index (χ1n) is 8.62. The lowest BCUT2D eigenvalue weighted by molar-refractivity contribution is -0.137. The maximum atomic E-state index is 12.9. The van der Waals surface area contributed by atoms with Crippen molar-refractivity contribution >= 4 is 35.3 Å². The topological polar surface area (TPSA) is 62.6 Å². The Morgan fingerprint density at radius 1 is 1.00 bits per heavy atom. The molecule has 0 saturated carbocycles. The highest BCUT2D eigenvalue weighted by Crippen LogP contribution is 2.33. The molecule has 152 valence electrons. The average Bonchev–Trinajstić information content (AvgIpc) is 3.26. The summed E-state index contributed by atoms with van der Waals surface area (Å²) >= 11 is 5.92. The minimum atomic E-state index is -4.47. The first-order valence-corrected chi connectivity index (χ1v) is 9.00. The Morgan fingerprint density at radius 3 is 2.50 bits per heavy atom. The number of carbonyl (C=O) groups is 2. The molecule has 0 spiro atoms. The van der Waals surface area contributed by atoms with Gasteiger partial charge in [-0.25, -0.2) is 9.69 Å². The van der Waals surface area contributed by atoms with E-state index in [1.54, 1.807) is 18.2 Å². The number of imide groups is 1. The average molecular weight is 433 g/mol. The molecule has 2 aromatic carbocycles. The van der Waals surface area contributed by atoms with Crippen molar-refractivity contribution in [2.75, 3.05) is 4.90 Å². The van der Waals surface area contributed by atoms with E-state index in [0.29, 0.717) is 10.7 Å². The Kier molecular flexibility index (Phi) is 4.87. The largest absolute Gasteiger partial charge is 0.457 e. The number of nitrogens with zero attached hydrogens (tertiary/aromatic N) is 1. The summed E-state index contributed by atoms with van der Waals surface area (Å²) in [4.78, 5) is 25.8. The van der Waals surface area contributed by atoms with Crippen LogP contribution >= 0.6 is 11.6 Å². The van der Waals surface area contributed by atoms with Gasteiger partial charge in [0.05, 0.1) is 11.3 Å². The third-order valence-corrected chi connectivity index (χ3v) is 4.57. The molecule has 1 saturated heterocycles. The summed E-state index contributed by atoms with van der Waals surface area (Å²) in [6, 6.07) is 13.3. The molecule has 4 rings (SSSR count). The molecule has 2 heterocycles. The molecular formula is C21H12ClF3N2O3. The van der Waals surface area contributed by atoms with Crippen LogP contribution in [0.2, 0.25) is 5.02 Å². The number of furan rings is 1. The van der Waals surface area contributed by atoms with Gasteiger partial charge in [-0.1, -0.05) is 29.8 Å². The number of nitrogens with one attached hydrogen (secondary N) is 1. The van der Waals surface area contributed by atoms with Crippen molar-refractivity contribution in [3.05, 3.63) is 82.7 Å². The van der Waals surface area contributed by atoms with Gasteiger partial charge in [0.25, 0.3) is 5.91 Å². The number of benzene rings is 2. The van der Waals surface area contributed by atoms with Crippen LogP contribution in [0.25, 0.3) is 17.4 Å². The number of alkyl halides is 3. The maximum absolute atomic E-state index is 12.9. The number of amides is 3. The minimum absolute atomic E-state index is 0.0371. The van der Waals surface area contributed by atoms with Crippen LogP contribution in [0, 0.1) is 0 Å². The SMILES string of the molecule is O=C1NC(=Cc2ccc(-c3cccc(C(F)(F)F)c3)o2)C(=O)N1c1cccc(Cl)c1. The van der Waals surface area contributed by atoms with Crippen LogP contribution in [-0.4, -0.2) is 11.9 Å². The molecule has 1 aliphatic heterocycles. The highest BCUT2D eigenvalue weighted by atomic mass is 35.5. The summed E-state index contributed by atoms with van der Waals surface area (Å²) in [5.41, 5.74) is -0.300.